The number of sulfone groups is 1. The number of fused-ring (bicyclic) bond motifs is 1. The number of rotatable bonds is 3. The predicted octanol–water partition coefficient (Wildman–Crippen LogP) is 1.28. The van der Waals surface area contributed by atoms with Crippen LogP contribution in [0.5, 0.6) is 0 Å². The molecule has 2 amide bonds. The molecule has 1 unspecified atom stereocenters. The lowest BCUT2D eigenvalue weighted by molar-refractivity contribution is -0.133. The van der Waals surface area contributed by atoms with Gasteiger partial charge in [-0.15, -0.1) is 0 Å². The molecule has 8 nitrogen and oxygen atoms in total. The monoisotopic (exact) mass is 388 g/mol. The maximum absolute atomic E-state index is 12.7. The lowest BCUT2D eigenvalue weighted by atomic mass is 10.1. The third-order valence-corrected chi connectivity index (χ3v) is 6.80. The van der Waals surface area contributed by atoms with E-state index in [4.69, 9.17) is 0 Å². The smallest absolute Gasteiger partial charge is 0.271 e. The Labute approximate surface area is 156 Å². The van der Waals surface area contributed by atoms with E-state index >= 15 is 0 Å². The third kappa shape index (κ3) is 3.34. The quantitative estimate of drug-likeness (QED) is 0.856. The summed E-state index contributed by atoms with van der Waals surface area (Å²) in [6, 6.07) is 7.08. The number of carbonyl (C=O) groups is 2. The summed E-state index contributed by atoms with van der Waals surface area (Å²) in [7, 11) is -1.21. The van der Waals surface area contributed by atoms with Crippen molar-refractivity contribution in [3.8, 4) is 0 Å². The zero-order valence-corrected chi connectivity index (χ0v) is 15.7. The van der Waals surface area contributed by atoms with E-state index in [2.05, 4.69) is 10.4 Å². The fraction of sp³-hybridized carbons (Fsp3) is 0.389. The van der Waals surface area contributed by atoms with Crippen LogP contribution in [0.4, 0.5) is 5.69 Å². The highest BCUT2D eigenvalue weighted by Gasteiger charge is 2.37. The van der Waals surface area contributed by atoms with Gasteiger partial charge in [-0.3, -0.25) is 9.59 Å². The van der Waals surface area contributed by atoms with E-state index in [0.29, 0.717) is 12.1 Å². The van der Waals surface area contributed by atoms with Gasteiger partial charge in [0.1, 0.15) is 5.71 Å². The lowest BCUT2D eigenvalue weighted by Crippen LogP contribution is -2.42. The van der Waals surface area contributed by atoms with Crippen molar-refractivity contribution in [2.45, 2.75) is 25.3 Å². The summed E-state index contributed by atoms with van der Waals surface area (Å²) in [4.78, 5) is 24.9. The summed E-state index contributed by atoms with van der Waals surface area (Å²) in [6.45, 7) is 0. The van der Waals surface area contributed by atoms with Crippen LogP contribution >= 0.6 is 0 Å². The van der Waals surface area contributed by atoms with E-state index in [1.54, 1.807) is 0 Å². The standard InChI is InChI=1S/C18H20N4O4S/c1-21-9-7-13-14(3-2-4-16(13)21)19-18(24)15-5-6-17(23)22(20-15)12-8-10-27(25,26)11-12/h2-4,7,9,12H,5-6,8,10-11H2,1H3,(H,19,24). The number of amides is 2. The Balaban J connectivity index is 1.57. The highest BCUT2D eigenvalue weighted by atomic mass is 32.2. The maximum atomic E-state index is 12.7. The van der Waals surface area contributed by atoms with Crippen molar-refractivity contribution in [2.24, 2.45) is 12.1 Å². The molecule has 1 atom stereocenters. The number of benzene rings is 1. The van der Waals surface area contributed by atoms with Crippen molar-refractivity contribution in [1.29, 1.82) is 0 Å². The molecule has 9 heteroatoms. The Kier molecular flexibility index (Phi) is 4.26. The van der Waals surface area contributed by atoms with Crippen molar-refractivity contribution in [1.82, 2.24) is 9.58 Å². The van der Waals surface area contributed by atoms with E-state index in [1.807, 2.05) is 42.1 Å². The fourth-order valence-corrected chi connectivity index (χ4v) is 5.29. The van der Waals surface area contributed by atoms with Gasteiger partial charge < -0.3 is 9.88 Å². The van der Waals surface area contributed by atoms with Crippen molar-refractivity contribution in [3.63, 3.8) is 0 Å². The Hall–Kier alpha value is -2.68. The van der Waals surface area contributed by atoms with E-state index < -0.39 is 15.9 Å². The van der Waals surface area contributed by atoms with Gasteiger partial charge in [-0.1, -0.05) is 6.07 Å². The molecule has 1 saturated heterocycles. The first-order chi connectivity index (χ1) is 12.8. The second-order valence-electron chi connectivity index (χ2n) is 6.96. The molecule has 2 aliphatic heterocycles. The normalized spacial score (nSPS) is 22.1. The molecule has 4 rings (SSSR count). The first kappa shape index (κ1) is 17.7. The number of hydrazone groups is 1. The number of nitrogens with zero attached hydrogens (tertiary/aromatic N) is 3. The zero-order valence-electron chi connectivity index (χ0n) is 14.9. The molecule has 142 valence electrons. The Morgan fingerprint density at radius 1 is 1.26 bits per heavy atom. The molecule has 1 N–H and O–H groups in total. The minimum Gasteiger partial charge on any atom is -0.350 e. The third-order valence-electron chi connectivity index (χ3n) is 5.05. The van der Waals surface area contributed by atoms with Crippen LogP contribution in [0.25, 0.3) is 10.9 Å². The van der Waals surface area contributed by atoms with Crippen molar-refractivity contribution in [3.05, 3.63) is 30.5 Å². The molecular weight excluding hydrogens is 368 g/mol. The zero-order chi connectivity index (χ0) is 19.2. The van der Waals surface area contributed by atoms with Gasteiger partial charge in [-0.25, -0.2) is 13.4 Å². The molecule has 27 heavy (non-hydrogen) atoms. The molecule has 1 aromatic heterocycles. The van der Waals surface area contributed by atoms with Crippen LogP contribution in [-0.4, -0.2) is 53.1 Å². The number of carbonyl (C=O) groups excluding carboxylic acids is 2. The van der Waals surface area contributed by atoms with Gasteiger partial charge in [0.2, 0.25) is 5.91 Å². The summed E-state index contributed by atoms with van der Waals surface area (Å²) >= 11 is 0. The molecule has 1 fully saturated rings. The molecular formula is C18H20N4O4S. The second kappa shape index (κ2) is 6.49. The van der Waals surface area contributed by atoms with E-state index in [9.17, 15) is 18.0 Å². The molecule has 2 aromatic rings. The SMILES string of the molecule is Cn1ccc2c(NC(=O)C3=NN(C4CCS(=O)(=O)C4)C(=O)CC3)cccc21. The molecule has 0 radical (unpaired) electrons. The average molecular weight is 388 g/mol. The molecule has 0 bridgehead atoms. The van der Waals surface area contributed by atoms with Crippen LogP contribution in [0.15, 0.2) is 35.6 Å². The molecule has 3 heterocycles. The topological polar surface area (TPSA) is 101 Å². The van der Waals surface area contributed by atoms with Crippen LogP contribution in [0, 0.1) is 0 Å². The van der Waals surface area contributed by atoms with Gasteiger partial charge in [0.05, 0.1) is 23.2 Å². The van der Waals surface area contributed by atoms with Gasteiger partial charge in [0.25, 0.3) is 5.91 Å². The van der Waals surface area contributed by atoms with Crippen molar-refractivity contribution < 1.29 is 18.0 Å². The van der Waals surface area contributed by atoms with E-state index in [-0.39, 0.29) is 41.9 Å². The van der Waals surface area contributed by atoms with Crippen LogP contribution in [0.1, 0.15) is 19.3 Å². The molecule has 0 aliphatic carbocycles. The number of aryl methyl sites for hydroxylation is 1. The van der Waals surface area contributed by atoms with Crippen molar-refractivity contribution >= 4 is 44.0 Å². The highest BCUT2D eigenvalue weighted by molar-refractivity contribution is 7.91. The molecule has 0 saturated carbocycles. The summed E-state index contributed by atoms with van der Waals surface area (Å²) in [5.41, 5.74) is 1.91. The highest BCUT2D eigenvalue weighted by Crippen LogP contribution is 2.25. The number of aromatic nitrogens is 1. The number of anilines is 1. The van der Waals surface area contributed by atoms with Crippen LogP contribution in [0.2, 0.25) is 0 Å². The minimum absolute atomic E-state index is 0.0501. The average Bonchev–Trinajstić information content (AvgIpc) is 3.18. The predicted molar refractivity (Wildman–Crippen MR) is 102 cm³/mol. The van der Waals surface area contributed by atoms with Crippen LogP contribution in [-0.2, 0) is 26.5 Å². The van der Waals surface area contributed by atoms with Gasteiger partial charge in [-0.2, -0.15) is 5.10 Å². The van der Waals surface area contributed by atoms with Crippen LogP contribution < -0.4 is 5.32 Å². The first-order valence-electron chi connectivity index (χ1n) is 8.79. The van der Waals surface area contributed by atoms with Gasteiger partial charge >= 0.3 is 0 Å². The minimum atomic E-state index is -3.14. The summed E-state index contributed by atoms with van der Waals surface area (Å²) < 4.78 is 25.4. The second-order valence-corrected chi connectivity index (χ2v) is 9.19. The summed E-state index contributed by atoms with van der Waals surface area (Å²) in [5, 5.41) is 9.20. The molecule has 2 aliphatic rings. The van der Waals surface area contributed by atoms with Crippen molar-refractivity contribution in [2.75, 3.05) is 16.8 Å². The Morgan fingerprint density at radius 2 is 2.07 bits per heavy atom. The molecule has 1 aromatic carbocycles. The Bertz CT molecular complexity index is 1070. The van der Waals surface area contributed by atoms with Gasteiger partial charge in [0, 0.05) is 37.0 Å². The molecule has 0 spiro atoms. The number of hydrogen-bond acceptors (Lipinski definition) is 5. The number of hydrogen-bond donors (Lipinski definition) is 1. The first-order valence-corrected chi connectivity index (χ1v) is 10.6. The Morgan fingerprint density at radius 3 is 2.81 bits per heavy atom. The lowest BCUT2D eigenvalue weighted by Gasteiger charge is -2.27. The summed E-state index contributed by atoms with van der Waals surface area (Å²) in [6.07, 6.45) is 2.67. The van der Waals surface area contributed by atoms with E-state index in [1.165, 1.54) is 5.01 Å². The maximum Gasteiger partial charge on any atom is 0.271 e. The van der Waals surface area contributed by atoms with E-state index in [0.717, 1.165) is 10.9 Å². The number of nitrogens with one attached hydrogen (secondary N) is 1. The largest absolute Gasteiger partial charge is 0.350 e. The summed E-state index contributed by atoms with van der Waals surface area (Å²) in [5.74, 6) is -0.655. The van der Waals surface area contributed by atoms with Gasteiger partial charge in [-0.05, 0) is 24.6 Å². The fourth-order valence-electron chi connectivity index (χ4n) is 3.59. The van der Waals surface area contributed by atoms with Crippen LogP contribution in [0.3, 0.4) is 0 Å². The van der Waals surface area contributed by atoms with Gasteiger partial charge in [0.15, 0.2) is 9.84 Å².